The van der Waals surface area contributed by atoms with E-state index in [0.717, 1.165) is 6.42 Å². The van der Waals surface area contributed by atoms with Gasteiger partial charge in [0, 0.05) is 5.92 Å². The molecule has 0 heterocycles. The highest BCUT2D eigenvalue weighted by atomic mass is 35.5. The van der Waals surface area contributed by atoms with Crippen molar-refractivity contribution in [1.82, 2.24) is 0 Å². The van der Waals surface area contributed by atoms with Gasteiger partial charge in [0.15, 0.2) is 0 Å². The van der Waals surface area contributed by atoms with Crippen molar-refractivity contribution in [1.29, 1.82) is 0 Å². The molecule has 9 heavy (non-hydrogen) atoms. The molecule has 0 aromatic heterocycles. The Bertz CT molecular complexity index is 160. The SMILES string of the molecule is ClC1(Cl)C[C@@H]2C=C[C@H]1C2. The molecule has 0 aliphatic heterocycles. The molecule has 1 saturated carbocycles. The number of rotatable bonds is 0. The van der Waals surface area contributed by atoms with E-state index in [1.807, 2.05) is 0 Å². The van der Waals surface area contributed by atoms with Crippen LogP contribution in [0.2, 0.25) is 0 Å². The normalized spacial score (nSPS) is 44.2. The second-order valence-corrected chi connectivity index (χ2v) is 4.49. The van der Waals surface area contributed by atoms with Crippen molar-refractivity contribution < 1.29 is 0 Å². The monoisotopic (exact) mass is 162 g/mol. The van der Waals surface area contributed by atoms with E-state index in [9.17, 15) is 0 Å². The number of hydrogen-bond donors (Lipinski definition) is 0. The molecule has 0 unspecified atom stereocenters. The van der Waals surface area contributed by atoms with Gasteiger partial charge in [0.1, 0.15) is 4.33 Å². The Kier molecular flexibility index (Phi) is 1.13. The van der Waals surface area contributed by atoms with Gasteiger partial charge in [0.05, 0.1) is 0 Å². The Morgan fingerprint density at radius 3 is 2.33 bits per heavy atom. The molecule has 0 amide bonds. The molecular weight excluding hydrogens is 155 g/mol. The van der Waals surface area contributed by atoms with Gasteiger partial charge >= 0.3 is 0 Å². The Morgan fingerprint density at radius 1 is 1.33 bits per heavy atom. The zero-order chi connectivity index (χ0) is 6.48. The molecule has 0 aromatic carbocycles. The summed E-state index contributed by atoms with van der Waals surface area (Å²) in [7, 11) is 0. The number of fused-ring (bicyclic) bond motifs is 2. The molecule has 50 valence electrons. The molecule has 0 N–H and O–H groups in total. The van der Waals surface area contributed by atoms with E-state index >= 15 is 0 Å². The predicted molar refractivity (Wildman–Crippen MR) is 39.8 cm³/mol. The summed E-state index contributed by atoms with van der Waals surface area (Å²) in [6, 6.07) is 0. The minimum absolute atomic E-state index is 0.431. The van der Waals surface area contributed by atoms with Gasteiger partial charge < -0.3 is 0 Å². The number of allylic oxidation sites excluding steroid dienone is 2. The summed E-state index contributed by atoms with van der Waals surface area (Å²) < 4.78 is -0.431. The Morgan fingerprint density at radius 2 is 2.11 bits per heavy atom. The second-order valence-electron chi connectivity index (χ2n) is 2.95. The van der Waals surface area contributed by atoms with Crippen LogP contribution in [-0.4, -0.2) is 4.33 Å². The van der Waals surface area contributed by atoms with Crippen LogP contribution in [0.3, 0.4) is 0 Å². The number of hydrogen-bond acceptors (Lipinski definition) is 0. The van der Waals surface area contributed by atoms with Gasteiger partial charge in [0.25, 0.3) is 0 Å². The van der Waals surface area contributed by atoms with E-state index < -0.39 is 4.33 Å². The highest BCUT2D eigenvalue weighted by molar-refractivity contribution is 6.49. The maximum Gasteiger partial charge on any atom is 0.125 e. The van der Waals surface area contributed by atoms with E-state index in [2.05, 4.69) is 12.2 Å². The van der Waals surface area contributed by atoms with E-state index in [-0.39, 0.29) is 0 Å². The van der Waals surface area contributed by atoms with Crippen molar-refractivity contribution in [3.8, 4) is 0 Å². The fourth-order valence-electron chi connectivity index (χ4n) is 1.74. The molecule has 2 bridgehead atoms. The van der Waals surface area contributed by atoms with E-state index in [1.165, 1.54) is 6.42 Å². The summed E-state index contributed by atoms with van der Waals surface area (Å²) in [6.07, 6.45) is 6.51. The van der Waals surface area contributed by atoms with Gasteiger partial charge in [-0.05, 0) is 18.8 Å². The molecule has 2 heteroatoms. The molecule has 2 aliphatic rings. The lowest BCUT2D eigenvalue weighted by Crippen LogP contribution is -2.17. The van der Waals surface area contributed by atoms with Crippen LogP contribution in [0.4, 0.5) is 0 Å². The third kappa shape index (κ3) is 0.805. The first-order valence-electron chi connectivity index (χ1n) is 3.24. The molecule has 2 aliphatic carbocycles. The maximum atomic E-state index is 5.98. The van der Waals surface area contributed by atoms with E-state index in [1.54, 1.807) is 0 Å². The van der Waals surface area contributed by atoms with Crippen molar-refractivity contribution in [2.24, 2.45) is 11.8 Å². The van der Waals surface area contributed by atoms with Crippen molar-refractivity contribution >= 4 is 23.2 Å². The predicted octanol–water partition coefficient (Wildman–Crippen LogP) is 2.76. The first-order valence-corrected chi connectivity index (χ1v) is 4.00. The summed E-state index contributed by atoms with van der Waals surface area (Å²) in [4.78, 5) is 0. The first kappa shape index (κ1) is 6.06. The molecule has 1 fully saturated rings. The average molecular weight is 163 g/mol. The molecule has 0 nitrogen and oxygen atoms in total. The minimum atomic E-state index is -0.431. The summed E-state index contributed by atoms with van der Waals surface area (Å²) in [6.45, 7) is 0. The fraction of sp³-hybridized carbons (Fsp3) is 0.714. The van der Waals surface area contributed by atoms with Crippen molar-refractivity contribution in [3.05, 3.63) is 12.2 Å². The maximum absolute atomic E-state index is 5.98. The molecular formula is C7H8Cl2. The van der Waals surface area contributed by atoms with E-state index in [4.69, 9.17) is 23.2 Å². The van der Waals surface area contributed by atoms with Gasteiger partial charge in [-0.25, -0.2) is 0 Å². The summed E-state index contributed by atoms with van der Waals surface area (Å²) >= 11 is 12.0. The molecule has 0 spiro atoms. The number of alkyl halides is 2. The van der Waals surface area contributed by atoms with Crippen molar-refractivity contribution in [3.63, 3.8) is 0 Å². The third-order valence-electron chi connectivity index (χ3n) is 2.25. The standard InChI is InChI=1S/C7H8Cl2/c8-7(9)4-5-1-2-6(7)3-5/h1-2,5-6H,3-4H2/t5-,6+/m1/s1. The largest absolute Gasteiger partial charge is 0.125 e. The van der Waals surface area contributed by atoms with Crippen LogP contribution >= 0.6 is 23.2 Å². The smallest absolute Gasteiger partial charge is 0.101 e. The minimum Gasteiger partial charge on any atom is -0.101 e. The van der Waals surface area contributed by atoms with Crippen molar-refractivity contribution in [2.45, 2.75) is 17.2 Å². The lowest BCUT2D eigenvalue weighted by molar-refractivity contribution is 0.652. The molecule has 0 radical (unpaired) electrons. The zero-order valence-corrected chi connectivity index (χ0v) is 6.49. The Hall–Kier alpha value is 0.320. The topological polar surface area (TPSA) is 0 Å². The van der Waals surface area contributed by atoms with Crippen LogP contribution in [-0.2, 0) is 0 Å². The zero-order valence-electron chi connectivity index (χ0n) is 4.98. The van der Waals surface area contributed by atoms with Crippen LogP contribution in [0, 0.1) is 11.8 Å². The first-order chi connectivity index (χ1) is 4.18. The second kappa shape index (κ2) is 1.67. The lowest BCUT2D eigenvalue weighted by Gasteiger charge is -2.19. The van der Waals surface area contributed by atoms with Crippen LogP contribution in [0.5, 0.6) is 0 Å². The molecule has 2 atom stereocenters. The average Bonchev–Trinajstić information content (AvgIpc) is 2.19. The molecule has 2 rings (SSSR count). The van der Waals surface area contributed by atoms with Crippen LogP contribution in [0.25, 0.3) is 0 Å². The molecule has 0 saturated heterocycles. The van der Waals surface area contributed by atoms with Crippen LogP contribution < -0.4 is 0 Å². The summed E-state index contributed by atoms with van der Waals surface area (Å²) in [5, 5.41) is 0. The highest BCUT2D eigenvalue weighted by Gasteiger charge is 2.45. The fourth-order valence-corrected chi connectivity index (χ4v) is 2.46. The summed E-state index contributed by atoms with van der Waals surface area (Å²) in [5.74, 6) is 1.11. The van der Waals surface area contributed by atoms with Crippen LogP contribution in [0.1, 0.15) is 12.8 Å². The Labute approximate surface area is 64.8 Å². The van der Waals surface area contributed by atoms with Gasteiger partial charge in [-0.3, -0.25) is 0 Å². The Balaban J connectivity index is 2.29. The van der Waals surface area contributed by atoms with Crippen molar-refractivity contribution in [2.75, 3.05) is 0 Å². The van der Waals surface area contributed by atoms with Gasteiger partial charge in [0.2, 0.25) is 0 Å². The third-order valence-corrected chi connectivity index (χ3v) is 3.12. The lowest BCUT2D eigenvalue weighted by atomic mass is 10.1. The van der Waals surface area contributed by atoms with Crippen LogP contribution in [0.15, 0.2) is 12.2 Å². The quantitative estimate of drug-likeness (QED) is 0.380. The molecule has 0 aromatic rings. The van der Waals surface area contributed by atoms with E-state index in [0.29, 0.717) is 11.8 Å². The van der Waals surface area contributed by atoms with Gasteiger partial charge in [-0.15, -0.1) is 23.2 Å². The van der Waals surface area contributed by atoms with Gasteiger partial charge in [-0.2, -0.15) is 0 Å². The number of halogens is 2. The summed E-state index contributed by atoms with van der Waals surface area (Å²) in [5.41, 5.74) is 0. The highest BCUT2D eigenvalue weighted by Crippen LogP contribution is 2.52. The van der Waals surface area contributed by atoms with Gasteiger partial charge in [-0.1, -0.05) is 12.2 Å².